The van der Waals surface area contributed by atoms with Gasteiger partial charge >= 0.3 is 0 Å². The highest BCUT2D eigenvalue weighted by Crippen LogP contribution is 2.35. The second-order valence-corrected chi connectivity index (χ2v) is 10.8. The average Bonchev–Trinajstić information content (AvgIpc) is 3.62. The van der Waals surface area contributed by atoms with Crippen LogP contribution in [0.1, 0.15) is 38.3 Å². The van der Waals surface area contributed by atoms with E-state index in [2.05, 4.69) is 15.4 Å². The molecule has 0 saturated heterocycles. The van der Waals surface area contributed by atoms with Crippen molar-refractivity contribution in [3.8, 4) is 16.9 Å². The minimum Gasteiger partial charge on any atom is -0.392 e. The molecule has 0 aliphatic heterocycles. The molecule has 1 amide bonds. The number of alkyl halides is 1. The van der Waals surface area contributed by atoms with E-state index in [4.69, 9.17) is 0 Å². The first-order valence-corrected chi connectivity index (χ1v) is 12.4. The number of anilines is 1. The molecule has 1 aromatic carbocycles. The Morgan fingerprint density at radius 1 is 1.21 bits per heavy atom. The molecule has 39 heavy (non-hydrogen) atoms. The van der Waals surface area contributed by atoms with Crippen molar-refractivity contribution in [1.29, 1.82) is 0 Å². The topological polar surface area (TPSA) is 119 Å². The summed E-state index contributed by atoms with van der Waals surface area (Å²) in [6.45, 7) is 5.24. The Labute approximate surface area is 221 Å². The maximum atomic E-state index is 15.2. The van der Waals surface area contributed by atoms with E-state index in [0.717, 1.165) is 4.68 Å². The first kappa shape index (κ1) is 26.4. The molecule has 1 aliphatic carbocycles. The van der Waals surface area contributed by atoms with Crippen molar-refractivity contribution in [2.24, 2.45) is 13.0 Å². The third kappa shape index (κ3) is 4.74. The lowest BCUT2D eigenvalue weighted by molar-refractivity contribution is -0.117. The van der Waals surface area contributed by atoms with Crippen molar-refractivity contribution in [3.05, 3.63) is 80.5 Å². The first-order chi connectivity index (χ1) is 18.4. The average molecular weight is 536 g/mol. The number of hydrogen-bond donors (Lipinski definition) is 2. The number of hydrogen-bond acceptors (Lipinski definition) is 6. The second kappa shape index (κ2) is 9.49. The number of carbonyl (C=O) groups is 1. The fourth-order valence-corrected chi connectivity index (χ4v) is 4.52. The monoisotopic (exact) mass is 535 g/mol. The van der Waals surface area contributed by atoms with Gasteiger partial charge in [-0.1, -0.05) is 20.8 Å². The number of aliphatic hydroxyl groups excluding tert-OH is 1. The van der Waals surface area contributed by atoms with Crippen molar-refractivity contribution < 1.29 is 18.7 Å². The Bertz CT molecular complexity index is 1760. The van der Waals surface area contributed by atoms with Gasteiger partial charge < -0.3 is 15.0 Å². The van der Waals surface area contributed by atoms with E-state index in [1.54, 1.807) is 12.1 Å². The number of nitrogens with zero attached hydrogens (tertiary/aromatic N) is 4. The van der Waals surface area contributed by atoms with Crippen molar-refractivity contribution in [1.82, 2.24) is 19.3 Å². The molecule has 9 nitrogen and oxygen atoms in total. The molecule has 0 unspecified atom stereocenters. The zero-order valence-electron chi connectivity index (χ0n) is 21.8. The third-order valence-electron chi connectivity index (χ3n) is 6.90. The summed E-state index contributed by atoms with van der Waals surface area (Å²) >= 11 is 0. The largest absolute Gasteiger partial charge is 0.392 e. The lowest BCUT2D eigenvalue weighted by Gasteiger charge is -2.20. The number of halogens is 2. The molecule has 11 heteroatoms. The van der Waals surface area contributed by atoms with Crippen LogP contribution in [0.5, 0.6) is 0 Å². The van der Waals surface area contributed by atoms with Crippen molar-refractivity contribution in [2.45, 2.75) is 45.4 Å². The first-order valence-electron chi connectivity index (χ1n) is 12.4. The molecule has 0 spiro atoms. The van der Waals surface area contributed by atoms with E-state index < -0.39 is 41.5 Å². The summed E-state index contributed by atoms with van der Waals surface area (Å²) in [6.07, 6.45) is 3.15. The highest BCUT2D eigenvalue weighted by Gasteiger charge is 2.43. The van der Waals surface area contributed by atoms with E-state index in [9.17, 15) is 23.9 Å². The summed E-state index contributed by atoms with van der Waals surface area (Å²) in [7, 11) is 1.49. The maximum Gasteiger partial charge on any atom is 0.283 e. The van der Waals surface area contributed by atoms with Gasteiger partial charge in [0.2, 0.25) is 5.91 Å². The van der Waals surface area contributed by atoms with Gasteiger partial charge in [-0.05, 0) is 47.2 Å². The zero-order chi connectivity index (χ0) is 28.2. The molecule has 3 heterocycles. The number of nitrogens with one attached hydrogen (secondary N) is 1. The molecule has 4 aromatic rings. The van der Waals surface area contributed by atoms with Gasteiger partial charge in [0.25, 0.3) is 11.1 Å². The van der Waals surface area contributed by atoms with Gasteiger partial charge in [0, 0.05) is 36.0 Å². The van der Waals surface area contributed by atoms with Crippen LogP contribution in [0.25, 0.3) is 27.7 Å². The second-order valence-electron chi connectivity index (χ2n) is 10.8. The number of carbonyl (C=O) groups excluding carboxylic acids is 1. The molecular weight excluding hydrogens is 508 g/mol. The summed E-state index contributed by atoms with van der Waals surface area (Å²) < 4.78 is 30.7. The highest BCUT2D eigenvalue weighted by atomic mass is 19.1. The molecule has 1 aliphatic rings. The number of aryl methyl sites for hydroxylation is 1. The summed E-state index contributed by atoms with van der Waals surface area (Å²) in [4.78, 5) is 42.6. The Morgan fingerprint density at radius 2 is 1.92 bits per heavy atom. The maximum absolute atomic E-state index is 15.2. The molecule has 2 atom stereocenters. The predicted molar refractivity (Wildman–Crippen MR) is 142 cm³/mol. The van der Waals surface area contributed by atoms with Crippen LogP contribution in [-0.2, 0) is 23.9 Å². The van der Waals surface area contributed by atoms with E-state index in [1.807, 2.05) is 20.8 Å². The van der Waals surface area contributed by atoms with Crippen molar-refractivity contribution >= 4 is 22.4 Å². The lowest BCUT2D eigenvalue weighted by atomic mass is 9.86. The van der Waals surface area contributed by atoms with Crippen LogP contribution in [0.3, 0.4) is 0 Å². The van der Waals surface area contributed by atoms with Crippen molar-refractivity contribution in [3.63, 3.8) is 0 Å². The number of pyridine rings is 2. The highest BCUT2D eigenvalue weighted by molar-refractivity contribution is 5.95. The minimum atomic E-state index is -1.22. The zero-order valence-corrected chi connectivity index (χ0v) is 21.8. The Hall–Kier alpha value is -4.25. The van der Waals surface area contributed by atoms with Gasteiger partial charge in [0.05, 0.1) is 24.1 Å². The van der Waals surface area contributed by atoms with Crippen LogP contribution in [0.15, 0.2) is 52.4 Å². The van der Waals surface area contributed by atoms with Gasteiger partial charge in [-0.15, -0.1) is 0 Å². The molecule has 0 bridgehead atoms. The Morgan fingerprint density at radius 3 is 2.56 bits per heavy atom. The van der Waals surface area contributed by atoms with Gasteiger partial charge in [-0.2, -0.15) is 9.78 Å². The SMILES string of the molecule is Cn1cc(-c2ccnc(-n3ncc4cc(C(C)(C)C)cc(F)c4c3=O)c2CO)cc(NC(=O)[C@@H]2C[C@@H]2F)c1=O. The summed E-state index contributed by atoms with van der Waals surface area (Å²) in [5.41, 5.74) is 0.0831. The van der Waals surface area contributed by atoms with Crippen LogP contribution >= 0.6 is 0 Å². The summed E-state index contributed by atoms with van der Waals surface area (Å²) in [5.74, 6) is -2.08. The lowest BCUT2D eigenvalue weighted by Crippen LogP contribution is -2.26. The number of benzene rings is 1. The molecule has 0 radical (unpaired) electrons. The smallest absolute Gasteiger partial charge is 0.283 e. The standard InChI is InChI=1S/C28H27F2N5O4/c1-28(2,3)16-7-14-11-32-35(27(39)23(14)21(30)9-16)24-19(13-36)17(5-6-31-24)15-8-22(26(38)34(4)12-15)33-25(37)18-10-20(18)29/h5-9,11-12,18,20,36H,10,13H2,1-4H3,(H,33,37)/t18-,20+/m1/s1. The number of amides is 1. The van der Waals surface area contributed by atoms with Crippen LogP contribution < -0.4 is 16.4 Å². The molecule has 2 N–H and O–H groups in total. The van der Waals surface area contributed by atoms with Gasteiger partial charge in [-0.25, -0.2) is 13.8 Å². The third-order valence-corrected chi connectivity index (χ3v) is 6.90. The molecule has 1 fully saturated rings. The van der Waals surface area contributed by atoms with Gasteiger partial charge in [-0.3, -0.25) is 14.4 Å². The van der Waals surface area contributed by atoms with Gasteiger partial charge in [0.15, 0.2) is 5.82 Å². The van der Waals surface area contributed by atoms with Crippen LogP contribution in [0.4, 0.5) is 14.5 Å². The van der Waals surface area contributed by atoms with Crippen LogP contribution in [0, 0.1) is 11.7 Å². The van der Waals surface area contributed by atoms with Crippen LogP contribution in [0.2, 0.25) is 0 Å². The minimum absolute atomic E-state index is 0.0149. The van der Waals surface area contributed by atoms with E-state index in [0.29, 0.717) is 22.1 Å². The van der Waals surface area contributed by atoms with E-state index in [-0.39, 0.29) is 34.3 Å². The normalized spacial score (nSPS) is 16.9. The van der Waals surface area contributed by atoms with E-state index >= 15 is 4.39 Å². The fourth-order valence-electron chi connectivity index (χ4n) is 4.52. The number of fused-ring (bicyclic) bond motifs is 1. The van der Waals surface area contributed by atoms with E-state index in [1.165, 1.54) is 42.3 Å². The summed E-state index contributed by atoms with van der Waals surface area (Å²) in [6, 6.07) is 6.04. The molecule has 3 aromatic heterocycles. The predicted octanol–water partition coefficient (Wildman–Crippen LogP) is 3.37. The molecule has 202 valence electrons. The number of aliphatic hydroxyl groups is 1. The quantitative estimate of drug-likeness (QED) is 0.405. The van der Waals surface area contributed by atoms with Crippen molar-refractivity contribution in [2.75, 3.05) is 5.32 Å². The Kier molecular flexibility index (Phi) is 6.42. The molecule has 1 saturated carbocycles. The Balaban J connectivity index is 1.63. The number of aromatic nitrogens is 4. The van der Waals surface area contributed by atoms with Crippen LogP contribution in [-0.4, -0.2) is 36.5 Å². The number of rotatable bonds is 5. The molecular formula is C28H27F2N5O4. The summed E-state index contributed by atoms with van der Waals surface area (Å²) in [5, 5.41) is 17.2. The molecule has 5 rings (SSSR count). The van der Waals surface area contributed by atoms with Gasteiger partial charge in [0.1, 0.15) is 17.7 Å². The fraction of sp³-hybridized carbons (Fsp3) is 0.321.